The predicted octanol–water partition coefficient (Wildman–Crippen LogP) is 4.57. The highest BCUT2D eigenvalue weighted by molar-refractivity contribution is 5.68. The first-order valence-electron chi connectivity index (χ1n) is 9.23. The highest BCUT2D eigenvalue weighted by atomic mass is 19.1. The molecular formula is C20H32FNO4. The monoisotopic (exact) mass is 369 g/mol. The number of carbonyl (C=O) groups is 1. The molecule has 0 radical (unpaired) electrons. The van der Waals surface area contributed by atoms with Gasteiger partial charge in [0.05, 0.1) is 19.3 Å². The molecule has 0 aliphatic carbocycles. The number of carbonyl (C=O) groups excluding carboxylic acids is 1. The van der Waals surface area contributed by atoms with Crippen molar-refractivity contribution in [2.75, 3.05) is 26.3 Å². The summed E-state index contributed by atoms with van der Waals surface area (Å²) in [7, 11) is 0. The maximum absolute atomic E-state index is 13.2. The maximum atomic E-state index is 13.2. The Balaban J connectivity index is 0.00000163. The van der Waals surface area contributed by atoms with E-state index in [0.717, 1.165) is 12.0 Å². The third-order valence-electron chi connectivity index (χ3n) is 3.64. The molecule has 0 N–H and O–H groups in total. The Kier molecular flexibility index (Phi) is 8.85. The second-order valence-electron chi connectivity index (χ2n) is 6.97. The molecular weight excluding hydrogens is 337 g/mol. The van der Waals surface area contributed by atoms with Gasteiger partial charge in [-0.25, -0.2) is 9.18 Å². The lowest BCUT2D eigenvalue weighted by Gasteiger charge is -2.24. The summed E-state index contributed by atoms with van der Waals surface area (Å²) in [6, 6.07) is 4.46. The summed E-state index contributed by atoms with van der Waals surface area (Å²) in [6.07, 6.45) is 0.452. The van der Waals surface area contributed by atoms with E-state index in [0.29, 0.717) is 32.1 Å². The summed E-state index contributed by atoms with van der Waals surface area (Å²) in [4.78, 5) is 13.6. The van der Waals surface area contributed by atoms with Crippen LogP contribution in [0.1, 0.15) is 46.6 Å². The number of halogens is 1. The zero-order valence-corrected chi connectivity index (χ0v) is 16.8. The van der Waals surface area contributed by atoms with E-state index in [2.05, 4.69) is 0 Å². The van der Waals surface area contributed by atoms with Gasteiger partial charge in [0.2, 0.25) is 0 Å². The van der Waals surface area contributed by atoms with Crippen LogP contribution in [0.4, 0.5) is 9.18 Å². The van der Waals surface area contributed by atoms with Crippen LogP contribution in [0.15, 0.2) is 18.2 Å². The molecule has 1 aromatic carbocycles. The van der Waals surface area contributed by atoms with Gasteiger partial charge in [-0.2, -0.15) is 0 Å². The van der Waals surface area contributed by atoms with Crippen molar-refractivity contribution in [1.82, 2.24) is 4.90 Å². The van der Waals surface area contributed by atoms with Crippen LogP contribution in [-0.2, 0) is 9.47 Å². The molecule has 1 heterocycles. The molecule has 1 unspecified atom stereocenters. The molecule has 0 aromatic heterocycles. The van der Waals surface area contributed by atoms with E-state index < -0.39 is 5.60 Å². The van der Waals surface area contributed by atoms with E-state index in [1.54, 1.807) is 11.0 Å². The smallest absolute Gasteiger partial charge is 0.410 e. The zero-order valence-electron chi connectivity index (χ0n) is 16.8. The molecule has 1 saturated heterocycles. The molecule has 0 bridgehead atoms. The first-order chi connectivity index (χ1) is 12.2. The predicted molar refractivity (Wildman–Crippen MR) is 100 cm³/mol. The number of hydrogen-bond acceptors (Lipinski definition) is 4. The molecule has 1 aromatic rings. The molecule has 1 aliphatic heterocycles. The van der Waals surface area contributed by atoms with E-state index >= 15 is 0 Å². The van der Waals surface area contributed by atoms with Crippen molar-refractivity contribution in [3.05, 3.63) is 29.6 Å². The van der Waals surface area contributed by atoms with Crippen LogP contribution in [-0.4, -0.2) is 49.0 Å². The number of benzene rings is 1. The number of aryl methyl sites for hydroxylation is 1. The van der Waals surface area contributed by atoms with E-state index in [-0.39, 0.29) is 18.0 Å². The topological polar surface area (TPSA) is 48.0 Å². The molecule has 2 rings (SSSR count). The normalized spacial score (nSPS) is 16.7. The minimum atomic E-state index is -0.493. The van der Waals surface area contributed by atoms with Crippen molar-refractivity contribution in [2.45, 2.75) is 59.7 Å². The number of likely N-dealkylation sites (tertiary alicyclic amines) is 1. The van der Waals surface area contributed by atoms with Gasteiger partial charge in [-0.3, -0.25) is 0 Å². The summed E-state index contributed by atoms with van der Waals surface area (Å²) >= 11 is 0. The quantitative estimate of drug-likeness (QED) is 0.714. The van der Waals surface area contributed by atoms with Crippen LogP contribution in [0.2, 0.25) is 0 Å². The number of amides is 1. The minimum absolute atomic E-state index is 0.0188. The highest BCUT2D eigenvalue weighted by Gasteiger charge is 2.30. The second kappa shape index (κ2) is 10.4. The fourth-order valence-corrected chi connectivity index (χ4v) is 2.45. The zero-order chi connectivity index (χ0) is 19.7. The SMILES string of the molecule is CC.Cc1ccc(F)cc1OCCOC1CCN(C(=O)OC(C)(C)C)C1. The third-order valence-corrected chi connectivity index (χ3v) is 3.64. The molecule has 148 valence electrons. The number of nitrogens with zero attached hydrogens (tertiary/aromatic N) is 1. The molecule has 1 atom stereocenters. The maximum Gasteiger partial charge on any atom is 0.410 e. The standard InChI is InChI=1S/C18H26FNO4.C2H6/c1-13-5-6-14(19)11-16(13)23-10-9-22-15-7-8-20(12-15)17(21)24-18(2,3)4;1-2/h5-6,11,15H,7-10,12H2,1-4H3;1-2H3. The van der Waals surface area contributed by atoms with Crippen molar-refractivity contribution in [2.24, 2.45) is 0 Å². The molecule has 26 heavy (non-hydrogen) atoms. The van der Waals surface area contributed by atoms with Gasteiger partial charge in [0, 0.05) is 12.6 Å². The minimum Gasteiger partial charge on any atom is -0.491 e. The van der Waals surface area contributed by atoms with E-state index in [9.17, 15) is 9.18 Å². The van der Waals surface area contributed by atoms with Gasteiger partial charge in [0.1, 0.15) is 23.8 Å². The largest absolute Gasteiger partial charge is 0.491 e. The highest BCUT2D eigenvalue weighted by Crippen LogP contribution is 2.19. The van der Waals surface area contributed by atoms with E-state index in [4.69, 9.17) is 14.2 Å². The Morgan fingerprint density at radius 1 is 1.27 bits per heavy atom. The van der Waals surface area contributed by atoms with Gasteiger partial charge in [-0.05, 0) is 45.7 Å². The van der Waals surface area contributed by atoms with Crippen molar-refractivity contribution < 1.29 is 23.4 Å². The van der Waals surface area contributed by atoms with Crippen LogP contribution < -0.4 is 4.74 Å². The number of ether oxygens (including phenoxy) is 3. The summed E-state index contributed by atoms with van der Waals surface area (Å²) in [6.45, 7) is 13.3. The molecule has 1 amide bonds. The fourth-order valence-electron chi connectivity index (χ4n) is 2.45. The fraction of sp³-hybridized carbons (Fsp3) is 0.650. The van der Waals surface area contributed by atoms with Gasteiger partial charge in [-0.1, -0.05) is 19.9 Å². The van der Waals surface area contributed by atoms with Crippen molar-refractivity contribution in [1.29, 1.82) is 0 Å². The van der Waals surface area contributed by atoms with Gasteiger partial charge in [0.25, 0.3) is 0 Å². The average molecular weight is 369 g/mol. The van der Waals surface area contributed by atoms with Gasteiger partial charge < -0.3 is 19.1 Å². The van der Waals surface area contributed by atoms with Crippen LogP contribution >= 0.6 is 0 Å². The Morgan fingerprint density at radius 2 is 1.96 bits per heavy atom. The van der Waals surface area contributed by atoms with E-state index in [1.807, 2.05) is 41.5 Å². The van der Waals surface area contributed by atoms with Gasteiger partial charge in [0.15, 0.2) is 0 Å². The van der Waals surface area contributed by atoms with Crippen LogP contribution in [0.3, 0.4) is 0 Å². The number of rotatable bonds is 5. The Labute approximate surface area is 156 Å². The second-order valence-corrected chi connectivity index (χ2v) is 6.97. The van der Waals surface area contributed by atoms with Crippen molar-refractivity contribution >= 4 is 6.09 Å². The summed E-state index contributed by atoms with van der Waals surface area (Å²) < 4.78 is 29.8. The Hall–Kier alpha value is -1.82. The summed E-state index contributed by atoms with van der Waals surface area (Å²) in [5.74, 6) is 0.209. The molecule has 5 nitrogen and oxygen atoms in total. The third kappa shape index (κ3) is 7.60. The lowest BCUT2D eigenvalue weighted by Crippen LogP contribution is -2.36. The number of hydrogen-bond donors (Lipinski definition) is 0. The Morgan fingerprint density at radius 3 is 2.62 bits per heavy atom. The van der Waals surface area contributed by atoms with Crippen LogP contribution in [0.25, 0.3) is 0 Å². The molecule has 1 aliphatic rings. The van der Waals surface area contributed by atoms with Gasteiger partial charge >= 0.3 is 6.09 Å². The van der Waals surface area contributed by atoms with E-state index in [1.165, 1.54) is 12.1 Å². The lowest BCUT2D eigenvalue weighted by atomic mass is 10.2. The first kappa shape index (κ1) is 22.2. The van der Waals surface area contributed by atoms with Crippen LogP contribution in [0, 0.1) is 12.7 Å². The van der Waals surface area contributed by atoms with Crippen molar-refractivity contribution in [3.8, 4) is 5.75 Å². The summed E-state index contributed by atoms with van der Waals surface area (Å²) in [5.41, 5.74) is 0.389. The summed E-state index contributed by atoms with van der Waals surface area (Å²) in [5, 5.41) is 0. The first-order valence-corrected chi connectivity index (χ1v) is 9.23. The van der Waals surface area contributed by atoms with Gasteiger partial charge in [-0.15, -0.1) is 0 Å². The molecule has 0 saturated carbocycles. The lowest BCUT2D eigenvalue weighted by molar-refractivity contribution is 0.0171. The molecule has 6 heteroatoms. The molecule has 1 fully saturated rings. The average Bonchev–Trinajstić information content (AvgIpc) is 3.04. The van der Waals surface area contributed by atoms with Crippen molar-refractivity contribution in [3.63, 3.8) is 0 Å². The molecule has 0 spiro atoms. The van der Waals surface area contributed by atoms with Crippen LogP contribution in [0.5, 0.6) is 5.75 Å². The Bertz CT molecular complexity index is 571.